The Morgan fingerprint density at radius 3 is 2.67 bits per heavy atom. The van der Waals surface area contributed by atoms with Gasteiger partial charge in [-0.2, -0.15) is 11.3 Å². The first kappa shape index (κ1) is 10.4. The fourth-order valence-corrected chi connectivity index (χ4v) is 2.10. The van der Waals surface area contributed by atoms with E-state index < -0.39 is 0 Å². The van der Waals surface area contributed by atoms with Gasteiger partial charge in [0, 0.05) is 6.54 Å². The Bertz CT molecular complexity index is 438. The predicted octanol–water partition coefficient (Wildman–Crippen LogP) is 3.11. The van der Waals surface area contributed by atoms with Gasteiger partial charge in [0.1, 0.15) is 0 Å². The third-order valence-corrected chi connectivity index (χ3v) is 3.12. The first-order valence-corrected chi connectivity index (χ1v) is 5.81. The maximum Gasteiger partial charge on any atom is 0.222 e. The van der Waals surface area contributed by atoms with Crippen molar-refractivity contribution in [2.45, 2.75) is 13.5 Å². The molecular weight excluding hydrogens is 230 g/mol. The molecule has 2 aromatic rings. The van der Waals surface area contributed by atoms with Crippen molar-refractivity contribution in [3.05, 3.63) is 39.3 Å². The molecule has 0 aliphatic rings. The van der Waals surface area contributed by atoms with E-state index in [4.69, 9.17) is 11.6 Å². The average molecular weight is 240 g/mol. The Labute approximate surface area is 97.2 Å². The number of anilines is 1. The van der Waals surface area contributed by atoms with Crippen molar-refractivity contribution in [1.29, 1.82) is 0 Å². The Morgan fingerprint density at radius 2 is 2.07 bits per heavy atom. The molecule has 0 saturated carbocycles. The number of nitrogens with one attached hydrogen (secondary N) is 1. The zero-order valence-electron chi connectivity index (χ0n) is 8.20. The minimum Gasteiger partial charge on any atom is -0.350 e. The fraction of sp³-hybridized carbons (Fsp3) is 0.200. The molecule has 0 spiro atoms. The van der Waals surface area contributed by atoms with Crippen molar-refractivity contribution < 1.29 is 0 Å². The topological polar surface area (TPSA) is 37.8 Å². The van der Waals surface area contributed by atoms with E-state index in [1.165, 1.54) is 11.1 Å². The molecule has 1 N–H and O–H groups in total. The summed E-state index contributed by atoms with van der Waals surface area (Å²) in [5.41, 5.74) is 2.57. The smallest absolute Gasteiger partial charge is 0.222 e. The molecule has 2 heterocycles. The molecule has 5 heteroatoms. The highest BCUT2D eigenvalue weighted by molar-refractivity contribution is 7.08. The van der Waals surface area contributed by atoms with E-state index in [1.54, 1.807) is 23.7 Å². The van der Waals surface area contributed by atoms with Crippen molar-refractivity contribution in [3.8, 4) is 0 Å². The lowest BCUT2D eigenvalue weighted by Gasteiger charge is -2.03. The van der Waals surface area contributed by atoms with E-state index in [1.807, 2.05) is 0 Å². The summed E-state index contributed by atoms with van der Waals surface area (Å²) in [6.45, 7) is 2.84. The lowest BCUT2D eigenvalue weighted by molar-refractivity contribution is 1.05. The number of rotatable bonds is 3. The standard InChI is InChI=1S/C10H10ClN3S/c1-7-5-15-6-8(7)2-12-10-13-3-9(11)4-14-10/h3-6H,2H2,1H3,(H,12,13,14). The van der Waals surface area contributed by atoms with Gasteiger partial charge in [0.05, 0.1) is 17.4 Å². The van der Waals surface area contributed by atoms with Crippen LogP contribution in [-0.4, -0.2) is 9.97 Å². The molecule has 78 valence electrons. The van der Waals surface area contributed by atoms with Crippen molar-refractivity contribution in [2.24, 2.45) is 0 Å². The maximum atomic E-state index is 5.69. The van der Waals surface area contributed by atoms with Gasteiger partial charge in [-0.15, -0.1) is 0 Å². The van der Waals surface area contributed by atoms with Crippen molar-refractivity contribution in [2.75, 3.05) is 5.32 Å². The highest BCUT2D eigenvalue weighted by atomic mass is 35.5. The van der Waals surface area contributed by atoms with E-state index in [2.05, 4.69) is 33.0 Å². The number of aryl methyl sites for hydroxylation is 1. The molecule has 3 nitrogen and oxygen atoms in total. The minimum absolute atomic E-state index is 0.548. The highest BCUT2D eigenvalue weighted by Crippen LogP contribution is 2.14. The highest BCUT2D eigenvalue weighted by Gasteiger charge is 2.00. The van der Waals surface area contributed by atoms with Crippen LogP contribution in [0.2, 0.25) is 5.02 Å². The van der Waals surface area contributed by atoms with Gasteiger partial charge >= 0.3 is 0 Å². The fourth-order valence-electron chi connectivity index (χ4n) is 1.15. The molecule has 2 aromatic heterocycles. The third kappa shape index (κ3) is 2.67. The summed E-state index contributed by atoms with van der Waals surface area (Å²) in [5.74, 6) is 0.602. The van der Waals surface area contributed by atoms with Gasteiger partial charge in [0.15, 0.2) is 0 Å². The van der Waals surface area contributed by atoms with Gasteiger partial charge in [-0.3, -0.25) is 0 Å². The number of aromatic nitrogens is 2. The average Bonchev–Trinajstić information content (AvgIpc) is 2.63. The van der Waals surface area contributed by atoms with Crippen LogP contribution in [-0.2, 0) is 6.54 Å². The molecule has 0 aliphatic carbocycles. The van der Waals surface area contributed by atoms with Crippen LogP contribution in [0.4, 0.5) is 5.95 Å². The molecule has 0 radical (unpaired) electrons. The number of nitrogens with zero attached hydrogens (tertiary/aromatic N) is 2. The molecule has 0 amide bonds. The molecule has 0 aromatic carbocycles. The summed E-state index contributed by atoms with van der Waals surface area (Å²) in [6.07, 6.45) is 3.16. The van der Waals surface area contributed by atoms with Crippen molar-refractivity contribution >= 4 is 28.9 Å². The second-order valence-electron chi connectivity index (χ2n) is 3.16. The molecule has 0 fully saturated rings. The second kappa shape index (κ2) is 4.59. The molecule has 0 saturated heterocycles. The molecule has 0 unspecified atom stereocenters. The molecule has 0 bridgehead atoms. The normalized spacial score (nSPS) is 10.3. The van der Waals surface area contributed by atoms with Crippen molar-refractivity contribution in [3.63, 3.8) is 0 Å². The zero-order chi connectivity index (χ0) is 10.7. The van der Waals surface area contributed by atoms with E-state index in [9.17, 15) is 0 Å². The number of hydrogen-bond acceptors (Lipinski definition) is 4. The van der Waals surface area contributed by atoms with Gasteiger partial charge in [0.2, 0.25) is 5.95 Å². The molecule has 15 heavy (non-hydrogen) atoms. The Balaban J connectivity index is 1.99. The van der Waals surface area contributed by atoms with Gasteiger partial charge in [-0.05, 0) is 28.8 Å². The summed E-state index contributed by atoms with van der Waals surface area (Å²) in [7, 11) is 0. The van der Waals surface area contributed by atoms with Gasteiger partial charge in [-0.1, -0.05) is 11.6 Å². The molecule has 2 rings (SSSR count). The number of thiophene rings is 1. The van der Waals surface area contributed by atoms with Gasteiger partial charge in [-0.25, -0.2) is 9.97 Å². The van der Waals surface area contributed by atoms with Crippen LogP contribution in [0.5, 0.6) is 0 Å². The SMILES string of the molecule is Cc1cscc1CNc1ncc(Cl)cn1. The molecular formula is C10H10ClN3S. The Kier molecular flexibility index (Phi) is 3.18. The Morgan fingerprint density at radius 1 is 1.33 bits per heavy atom. The van der Waals surface area contributed by atoms with Gasteiger partial charge in [0.25, 0.3) is 0 Å². The summed E-state index contributed by atoms with van der Waals surface area (Å²) in [4.78, 5) is 8.11. The van der Waals surface area contributed by atoms with Crippen LogP contribution in [0.25, 0.3) is 0 Å². The van der Waals surface area contributed by atoms with Gasteiger partial charge < -0.3 is 5.32 Å². The maximum absolute atomic E-state index is 5.69. The summed E-state index contributed by atoms with van der Waals surface area (Å²) in [6, 6.07) is 0. The lowest BCUT2D eigenvalue weighted by atomic mass is 10.2. The summed E-state index contributed by atoms with van der Waals surface area (Å²) >= 11 is 7.39. The third-order valence-electron chi connectivity index (χ3n) is 2.02. The molecule has 0 aliphatic heterocycles. The first-order valence-electron chi connectivity index (χ1n) is 4.49. The van der Waals surface area contributed by atoms with Crippen LogP contribution < -0.4 is 5.32 Å². The summed E-state index contributed by atoms with van der Waals surface area (Å²) < 4.78 is 0. The van der Waals surface area contributed by atoms with Crippen LogP contribution >= 0.6 is 22.9 Å². The quantitative estimate of drug-likeness (QED) is 0.895. The van der Waals surface area contributed by atoms with Crippen LogP contribution in [0.3, 0.4) is 0 Å². The summed E-state index contributed by atoms with van der Waals surface area (Å²) in [5, 5.41) is 7.94. The first-order chi connectivity index (χ1) is 7.25. The lowest BCUT2D eigenvalue weighted by Crippen LogP contribution is -2.02. The van der Waals surface area contributed by atoms with E-state index in [0.717, 1.165) is 6.54 Å². The monoisotopic (exact) mass is 239 g/mol. The zero-order valence-corrected chi connectivity index (χ0v) is 9.77. The van der Waals surface area contributed by atoms with Crippen LogP contribution in [0, 0.1) is 6.92 Å². The van der Waals surface area contributed by atoms with E-state index in [-0.39, 0.29) is 0 Å². The second-order valence-corrected chi connectivity index (χ2v) is 4.34. The number of hydrogen-bond donors (Lipinski definition) is 1. The number of halogens is 1. The van der Waals surface area contributed by atoms with E-state index >= 15 is 0 Å². The van der Waals surface area contributed by atoms with Crippen LogP contribution in [0.15, 0.2) is 23.2 Å². The van der Waals surface area contributed by atoms with Crippen LogP contribution in [0.1, 0.15) is 11.1 Å². The largest absolute Gasteiger partial charge is 0.350 e. The van der Waals surface area contributed by atoms with E-state index in [0.29, 0.717) is 11.0 Å². The Hall–Kier alpha value is -1.13. The predicted molar refractivity (Wildman–Crippen MR) is 63.4 cm³/mol. The molecule has 0 atom stereocenters. The minimum atomic E-state index is 0.548. The van der Waals surface area contributed by atoms with Crippen molar-refractivity contribution in [1.82, 2.24) is 9.97 Å².